The van der Waals surface area contributed by atoms with Gasteiger partial charge in [-0.15, -0.1) is 0 Å². The minimum Gasteiger partial charge on any atom is -0.394 e. The van der Waals surface area contributed by atoms with E-state index >= 15 is 0 Å². The quantitative estimate of drug-likeness (QED) is 0.794. The number of aromatic nitrogens is 4. The zero-order chi connectivity index (χ0) is 12.4. The maximum Gasteiger partial charge on any atom is 0.167 e. The highest BCUT2D eigenvalue weighted by molar-refractivity contribution is 5.81. The van der Waals surface area contributed by atoms with E-state index in [1.807, 2.05) is 6.92 Å². The Bertz CT molecular complexity index is 512. The molecule has 0 bridgehead atoms. The molecule has 0 saturated carbocycles. The van der Waals surface area contributed by atoms with Gasteiger partial charge in [-0.05, 0) is 13.8 Å². The second kappa shape index (κ2) is 4.64. The van der Waals surface area contributed by atoms with E-state index in [0.29, 0.717) is 17.0 Å². The number of fused-ring (bicyclic) bond motifs is 1. The van der Waals surface area contributed by atoms with Gasteiger partial charge in [0.15, 0.2) is 11.5 Å². The number of nitrogens with two attached hydrogens (primary N) is 1. The van der Waals surface area contributed by atoms with E-state index in [4.69, 9.17) is 15.6 Å². The molecule has 0 amide bonds. The molecule has 2 heterocycles. The van der Waals surface area contributed by atoms with Gasteiger partial charge in [-0.1, -0.05) is 0 Å². The van der Waals surface area contributed by atoms with Gasteiger partial charge in [0.2, 0.25) is 0 Å². The SMILES string of the molecule is CC(CO)OC(C)n1cnc2c(N)ncnc21. The Labute approximate surface area is 98.3 Å². The Morgan fingerprint density at radius 3 is 2.88 bits per heavy atom. The number of anilines is 1. The van der Waals surface area contributed by atoms with E-state index < -0.39 is 0 Å². The predicted molar refractivity (Wildman–Crippen MR) is 62.1 cm³/mol. The molecule has 0 saturated heterocycles. The zero-order valence-electron chi connectivity index (χ0n) is 9.74. The third-order valence-corrected chi connectivity index (χ3v) is 2.47. The minimum atomic E-state index is -0.281. The highest BCUT2D eigenvalue weighted by atomic mass is 16.5. The number of nitrogen functional groups attached to an aromatic ring is 1. The van der Waals surface area contributed by atoms with Crippen molar-refractivity contribution in [1.29, 1.82) is 0 Å². The van der Waals surface area contributed by atoms with Crippen molar-refractivity contribution in [2.75, 3.05) is 12.3 Å². The molecule has 2 atom stereocenters. The first kappa shape index (κ1) is 11.7. The molecule has 7 nitrogen and oxygen atoms in total. The van der Waals surface area contributed by atoms with Gasteiger partial charge in [0.25, 0.3) is 0 Å². The molecule has 0 spiro atoms. The van der Waals surface area contributed by atoms with Crippen molar-refractivity contribution in [2.24, 2.45) is 0 Å². The summed E-state index contributed by atoms with van der Waals surface area (Å²) in [5.74, 6) is 0.344. The summed E-state index contributed by atoms with van der Waals surface area (Å²) in [4.78, 5) is 12.1. The van der Waals surface area contributed by atoms with Crippen molar-refractivity contribution in [2.45, 2.75) is 26.2 Å². The van der Waals surface area contributed by atoms with Gasteiger partial charge in [0.1, 0.15) is 18.1 Å². The zero-order valence-corrected chi connectivity index (χ0v) is 9.74. The lowest BCUT2D eigenvalue weighted by Crippen LogP contribution is -2.19. The summed E-state index contributed by atoms with van der Waals surface area (Å²) in [6.45, 7) is 3.61. The van der Waals surface area contributed by atoms with Crippen LogP contribution in [0.1, 0.15) is 20.1 Å². The molecule has 0 radical (unpaired) electrons. The Morgan fingerprint density at radius 2 is 2.18 bits per heavy atom. The number of hydrogen-bond acceptors (Lipinski definition) is 6. The molecular weight excluding hydrogens is 222 g/mol. The van der Waals surface area contributed by atoms with Crippen molar-refractivity contribution in [1.82, 2.24) is 19.5 Å². The number of nitrogens with zero attached hydrogens (tertiary/aromatic N) is 4. The smallest absolute Gasteiger partial charge is 0.167 e. The summed E-state index contributed by atoms with van der Waals surface area (Å²) in [5.41, 5.74) is 6.87. The molecule has 0 aliphatic carbocycles. The molecule has 3 N–H and O–H groups in total. The number of aliphatic hydroxyl groups is 1. The van der Waals surface area contributed by atoms with E-state index in [2.05, 4.69) is 15.0 Å². The summed E-state index contributed by atoms with van der Waals surface area (Å²) in [6.07, 6.45) is 2.46. The van der Waals surface area contributed by atoms with E-state index in [0.717, 1.165) is 0 Å². The van der Waals surface area contributed by atoms with Gasteiger partial charge in [-0.25, -0.2) is 15.0 Å². The monoisotopic (exact) mass is 237 g/mol. The van der Waals surface area contributed by atoms with Gasteiger partial charge in [0, 0.05) is 0 Å². The van der Waals surface area contributed by atoms with E-state index in [1.54, 1.807) is 17.8 Å². The average molecular weight is 237 g/mol. The van der Waals surface area contributed by atoms with Crippen LogP contribution in [0, 0.1) is 0 Å². The number of aliphatic hydroxyl groups excluding tert-OH is 1. The van der Waals surface area contributed by atoms with Crippen LogP contribution < -0.4 is 5.73 Å². The third kappa shape index (κ3) is 2.20. The van der Waals surface area contributed by atoms with Crippen LogP contribution in [-0.2, 0) is 4.74 Å². The summed E-state index contributed by atoms with van der Waals surface area (Å²) in [7, 11) is 0. The average Bonchev–Trinajstić information content (AvgIpc) is 2.74. The molecule has 7 heteroatoms. The molecule has 0 aromatic carbocycles. The van der Waals surface area contributed by atoms with Gasteiger partial charge in [0.05, 0.1) is 19.0 Å². The second-order valence-electron chi connectivity index (χ2n) is 3.81. The lowest BCUT2D eigenvalue weighted by atomic mass is 10.4. The number of imidazole rings is 1. The van der Waals surface area contributed by atoms with Gasteiger partial charge >= 0.3 is 0 Å². The van der Waals surface area contributed by atoms with Gasteiger partial charge < -0.3 is 15.6 Å². The number of rotatable bonds is 4. The molecule has 0 aliphatic heterocycles. The van der Waals surface area contributed by atoms with Crippen LogP contribution in [0.3, 0.4) is 0 Å². The highest BCUT2D eigenvalue weighted by Gasteiger charge is 2.14. The van der Waals surface area contributed by atoms with Crippen molar-refractivity contribution in [3.05, 3.63) is 12.7 Å². The fourth-order valence-electron chi connectivity index (χ4n) is 1.58. The lowest BCUT2D eigenvalue weighted by molar-refractivity contribution is -0.0542. The molecule has 2 aromatic heterocycles. The van der Waals surface area contributed by atoms with Gasteiger partial charge in [-0.3, -0.25) is 4.57 Å². The van der Waals surface area contributed by atoms with Crippen LogP contribution in [-0.4, -0.2) is 37.3 Å². The van der Waals surface area contributed by atoms with Crippen LogP contribution in [0.4, 0.5) is 5.82 Å². The van der Waals surface area contributed by atoms with Crippen LogP contribution in [0.5, 0.6) is 0 Å². The van der Waals surface area contributed by atoms with E-state index in [-0.39, 0.29) is 18.9 Å². The van der Waals surface area contributed by atoms with E-state index in [9.17, 15) is 0 Å². The van der Waals surface area contributed by atoms with Crippen molar-refractivity contribution < 1.29 is 9.84 Å². The Hall–Kier alpha value is -1.73. The molecule has 0 aliphatic rings. The lowest BCUT2D eigenvalue weighted by Gasteiger charge is -2.18. The number of ether oxygens (including phenoxy) is 1. The van der Waals surface area contributed by atoms with Crippen LogP contribution >= 0.6 is 0 Å². The minimum absolute atomic E-state index is 0.0336. The molecule has 92 valence electrons. The Balaban J connectivity index is 2.33. The molecule has 2 unspecified atom stereocenters. The van der Waals surface area contributed by atoms with Crippen LogP contribution in [0.2, 0.25) is 0 Å². The first-order valence-corrected chi connectivity index (χ1v) is 5.32. The van der Waals surface area contributed by atoms with Crippen molar-refractivity contribution >= 4 is 17.0 Å². The second-order valence-corrected chi connectivity index (χ2v) is 3.81. The summed E-state index contributed by atoms with van der Waals surface area (Å²) >= 11 is 0. The largest absolute Gasteiger partial charge is 0.394 e. The van der Waals surface area contributed by atoms with Gasteiger partial charge in [-0.2, -0.15) is 0 Å². The summed E-state index contributed by atoms with van der Waals surface area (Å²) < 4.78 is 7.31. The summed E-state index contributed by atoms with van der Waals surface area (Å²) in [5, 5.41) is 8.94. The van der Waals surface area contributed by atoms with Crippen molar-refractivity contribution in [3.8, 4) is 0 Å². The predicted octanol–water partition coefficient (Wildman–Crippen LogP) is 0.324. The third-order valence-electron chi connectivity index (χ3n) is 2.47. The molecule has 17 heavy (non-hydrogen) atoms. The number of hydrogen-bond donors (Lipinski definition) is 2. The fraction of sp³-hybridized carbons (Fsp3) is 0.500. The van der Waals surface area contributed by atoms with Crippen LogP contribution in [0.15, 0.2) is 12.7 Å². The fourth-order valence-corrected chi connectivity index (χ4v) is 1.58. The Morgan fingerprint density at radius 1 is 1.41 bits per heavy atom. The Kier molecular flexibility index (Phi) is 3.21. The maximum absolute atomic E-state index is 8.94. The summed E-state index contributed by atoms with van der Waals surface area (Å²) in [6, 6.07) is 0. The molecule has 2 aromatic rings. The molecular formula is C10H15N5O2. The highest BCUT2D eigenvalue weighted by Crippen LogP contribution is 2.19. The standard InChI is InChI=1S/C10H15N5O2/c1-6(3-16)17-7(2)15-5-14-8-9(11)12-4-13-10(8)15/h4-7,16H,3H2,1-2H3,(H2,11,12,13). The maximum atomic E-state index is 8.94. The molecule has 2 rings (SSSR count). The van der Waals surface area contributed by atoms with Crippen LogP contribution in [0.25, 0.3) is 11.2 Å². The van der Waals surface area contributed by atoms with Crippen molar-refractivity contribution in [3.63, 3.8) is 0 Å². The molecule has 0 fully saturated rings. The first-order chi connectivity index (χ1) is 8.13. The normalized spacial score (nSPS) is 15.0. The topological polar surface area (TPSA) is 99.1 Å². The first-order valence-electron chi connectivity index (χ1n) is 5.32. The van der Waals surface area contributed by atoms with E-state index in [1.165, 1.54) is 6.33 Å².